The molecule has 0 aromatic rings. The minimum Gasteiger partial charge on any atom is -0.462 e. The molecule has 0 fully saturated rings. The Bertz CT molecular complexity index is 1370. The molecule has 0 radical (unpaired) electrons. The van der Waals surface area contributed by atoms with E-state index in [-0.39, 0.29) is 31.1 Å². The molecule has 0 aromatic heterocycles. The Balaban J connectivity index is 4.11. The van der Waals surface area contributed by atoms with Crippen molar-refractivity contribution >= 4 is 17.9 Å². The van der Waals surface area contributed by atoms with Gasteiger partial charge in [-0.3, -0.25) is 14.4 Å². The van der Waals surface area contributed by atoms with Crippen LogP contribution >= 0.6 is 0 Å². The van der Waals surface area contributed by atoms with E-state index in [1.165, 1.54) is 302 Å². The largest absolute Gasteiger partial charge is 0.462 e. The predicted octanol–water partition coefficient (Wildman–Crippen LogP) is 25.5. The van der Waals surface area contributed by atoms with Crippen LogP contribution in [-0.4, -0.2) is 37.2 Å². The molecule has 0 spiro atoms. The molecule has 0 aliphatic rings. The van der Waals surface area contributed by atoms with Crippen molar-refractivity contribution in [1.82, 2.24) is 0 Å². The summed E-state index contributed by atoms with van der Waals surface area (Å²) < 4.78 is 17.0. The molecular formula is C76H142O6. The smallest absolute Gasteiger partial charge is 0.306 e. The standard InChI is InChI=1S/C76H142O6/c1-4-7-10-13-16-19-22-25-27-29-31-32-33-34-35-36-37-38-39-40-41-42-43-44-45-47-48-51-54-57-60-63-66-69-75(78)81-72-73(71-80-74(77)68-65-62-59-56-53-50-24-21-18-15-12-9-6-3)82-76(79)70-67-64-61-58-55-52-49-46-30-28-26-23-20-17-14-11-8-5-2/h21-22,24-25,29,31,73H,4-20,23,26-28,30,32-72H2,1-3H3/b24-21-,25-22-,31-29-. The van der Waals surface area contributed by atoms with Gasteiger partial charge in [-0.1, -0.05) is 353 Å². The van der Waals surface area contributed by atoms with E-state index in [2.05, 4.69) is 57.2 Å². The Hall–Kier alpha value is -2.37. The number of rotatable bonds is 69. The van der Waals surface area contributed by atoms with Gasteiger partial charge >= 0.3 is 17.9 Å². The van der Waals surface area contributed by atoms with Gasteiger partial charge in [0.15, 0.2) is 6.10 Å². The molecule has 0 saturated carbocycles. The van der Waals surface area contributed by atoms with Crippen molar-refractivity contribution in [2.24, 2.45) is 0 Å². The summed E-state index contributed by atoms with van der Waals surface area (Å²) in [5, 5.41) is 0. The highest BCUT2D eigenvalue weighted by Crippen LogP contribution is 2.19. The van der Waals surface area contributed by atoms with Crippen molar-refractivity contribution in [3.8, 4) is 0 Å². The molecule has 482 valence electrons. The second-order valence-electron chi connectivity index (χ2n) is 25.2. The monoisotopic (exact) mass is 1150 g/mol. The number of hydrogen-bond donors (Lipinski definition) is 0. The lowest BCUT2D eigenvalue weighted by Gasteiger charge is -2.18. The zero-order valence-corrected chi connectivity index (χ0v) is 55.5. The molecule has 0 rings (SSSR count). The Morgan fingerprint density at radius 3 is 0.695 bits per heavy atom. The van der Waals surface area contributed by atoms with Crippen LogP contribution in [0.3, 0.4) is 0 Å². The van der Waals surface area contributed by atoms with Gasteiger partial charge in [-0.2, -0.15) is 0 Å². The lowest BCUT2D eigenvalue weighted by Crippen LogP contribution is -2.30. The van der Waals surface area contributed by atoms with Crippen LogP contribution in [0.25, 0.3) is 0 Å². The minimum absolute atomic E-state index is 0.0681. The van der Waals surface area contributed by atoms with Crippen LogP contribution in [0.2, 0.25) is 0 Å². The number of hydrogen-bond acceptors (Lipinski definition) is 6. The van der Waals surface area contributed by atoms with Crippen molar-refractivity contribution < 1.29 is 28.6 Å². The quantitative estimate of drug-likeness (QED) is 0.0261. The summed E-state index contributed by atoms with van der Waals surface area (Å²) >= 11 is 0. The maximum absolute atomic E-state index is 12.9. The van der Waals surface area contributed by atoms with Crippen LogP contribution in [0.1, 0.15) is 412 Å². The van der Waals surface area contributed by atoms with Gasteiger partial charge in [-0.15, -0.1) is 0 Å². The molecule has 0 aliphatic heterocycles. The normalized spacial score (nSPS) is 12.2. The summed E-state index contributed by atoms with van der Waals surface area (Å²) in [6.45, 7) is 6.68. The molecule has 0 amide bonds. The molecule has 0 aromatic carbocycles. The van der Waals surface area contributed by atoms with Crippen LogP contribution in [0.15, 0.2) is 36.5 Å². The second kappa shape index (κ2) is 71.1. The van der Waals surface area contributed by atoms with Crippen molar-refractivity contribution in [2.45, 2.75) is 419 Å². The van der Waals surface area contributed by atoms with E-state index in [9.17, 15) is 14.4 Å². The van der Waals surface area contributed by atoms with Crippen molar-refractivity contribution in [1.29, 1.82) is 0 Å². The van der Waals surface area contributed by atoms with E-state index in [0.717, 1.165) is 70.6 Å². The minimum atomic E-state index is -0.772. The number of carbonyl (C=O) groups excluding carboxylic acids is 3. The van der Waals surface area contributed by atoms with Gasteiger partial charge in [0.25, 0.3) is 0 Å². The first-order valence-corrected chi connectivity index (χ1v) is 37.0. The van der Waals surface area contributed by atoms with E-state index in [1.807, 2.05) is 0 Å². The molecule has 0 bridgehead atoms. The number of allylic oxidation sites excluding steroid dienone is 6. The van der Waals surface area contributed by atoms with Crippen LogP contribution in [0, 0.1) is 0 Å². The van der Waals surface area contributed by atoms with Crippen LogP contribution in [-0.2, 0) is 28.6 Å². The van der Waals surface area contributed by atoms with Gasteiger partial charge in [0.1, 0.15) is 13.2 Å². The topological polar surface area (TPSA) is 78.9 Å². The molecule has 0 heterocycles. The van der Waals surface area contributed by atoms with E-state index < -0.39 is 6.10 Å². The number of carbonyl (C=O) groups is 3. The SMILES string of the molecule is CCCCCC/C=C\CCCCCCCC(=O)OCC(COC(=O)CCCCCCCCCCCCCCCCCCCCCCC/C=C\C/C=C\CCCCCCC)OC(=O)CCCCCCCCCCCCCCCCCCCC. The highest BCUT2D eigenvalue weighted by atomic mass is 16.6. The van der Waals surface area contributed by atoms with E-state index in [1.54, 1.807) is 0 Å². The third kappa shape index (κ3) is 68.4. The number of unbranched alkanes of at least 4 members (excludes halogenated alkanes) is 52. The Morgan fingerprint density at radius 1 is 0.244 bits per heavy atom. The second-order valence-corrected chi connectivity index (χ2v) is 25.2. The van der Waals surface area contributed by atoms with Gasteiger partial charge in [-0.25, -0.2) is 0 Å². The van der Waals surface area contributed by atoms with Crippen molar-refractivity contribution in [3.05, 3.63) is 36.5 Å². The molecule has 0 N–H and O–H groups in total. The summed E-state index contributed by atoms with van der Waals surface area (Å²) in [6, 6.07) is 0. The summed E-state index contributed by atoms with van der Waals surface area (Å²) in [5.41, 5.74) is 0. The van der Waals surface area contributed by atoms with Gasteiger partial charge in [-0.05, 0) is 77.0 Å². The van der Waals surface area contributed by atoms with Gasteiger partial charge in [0.05, 0.1) is 0 Å². The first-order valence-electron chi connectivity index (χ1n) is 37.0. The van der Waals surface area contributed by atoms with Crippen LogP contribution < -0.4 is 0 Å². The Labute approximate surface area is 512 Å². The number of ether oxygens (including phenoxy) is 3. The molecular weight excluding hydrogens is 1010 g/mol. The van der Waals surface area contributed by atoms with E-state index >= 15 is 0 Å². The van der Waals surface area contributed by atoms with Crippen LogP contribution in [0.4, 0.5) is 0 Å². The maximum Gasteiger partial charge on any atom is 0.306 e. The van der Waals surface area contributed by atoms with Crippen LogP contribution in [0.5, 0.6) is 0 Å². The molecule has 1 atom stereocenters. The highest BCUT2D eigenvalue weighted by molar-refractivity contribution is 5.71. The summed E-state index contributed by atoms with van der Waals surface area (Å²) in [5.74, 6) is -0.846. The average Bonchev–Trinajstić information content (AvgIpc) is 3.47. The van der Waals surface area contributed by atoms with Crippen molar-refractivity contribution in [3.63, 3.8) is 0 Å². The zero-order chi connectivity index (χ0) is 59.2. The Kier molecular flexibility index (Phi) is 69.1. The predicted molar refractivity (Wildman–Crippen MR) is 358 cm³/mol. The number of esters is 3. The summed E-state index contributed by atoms with van der Waals surface area (Å²) in [7, 11) is 0. The lowest BCUT2D eigenvalue weighted by molar-refractivity contribution is -0.167. The van der Waals surface area contributed by atoms with Gasteiger partial charge in [0.2, 0.25) is 0 Å². The fraction of sp³-hybridized carbons (Fsp3) is 0.882. The average molecular weight is 1150 g/mol. The van der Waals surface area contributed by atoms with Gasteiger partial charge in [0, 0.05) is 19.3 Å². The zero-order valence-electron chi connectivity index (χ0n) is 55.5. The summed E-state index contributed by atoms with van der Waals surface area (Å²) in [6.07, 6.45) is 89.1. The maximum atomic E-state index is 12.9. The fourth-order valence-corrected chi connectivity index (χ4v) is 11.3. The molecule has 82 heavy (non-hydrogen) atoms. The molecule has 6 nitrogen and oxygen atoms in total. The fourth-order valence-electron chi connectivity index (χ4n) is 11.3. The Morgan fingerprint density at radius 2 is 0.439 bits per heavy atom. The van der Waals surface area contributed by atoms with E-state index in [0.29, 0.717) is 19.3 Å². The molecule has 0 aliphatic carbocycles. The molecule has 0 saturated heterocycles. The lowest BCUT2D eigenvalue weighted by atomic mass is 10.0. The van der Waals surface area contributed by atoms with Crippen molar-refractivity contribution in [2.75, 3.05) is 13.2 Å². The molecule has 6 heteroatoms. The summed E-state index contributed by atoms with van der Waals surface area (Å²) in [4.78, 5) is 38.4. The first kappa shape index (κ1) is 79.6. The highest BCUT2D eigenvalue weighted by Gasteiger charge is 2.19. The van der Waals surface area contributed by atoms with E-state index in [4.69, 9.17) is 14.2 Å². The molecule has 1 unspecified atom stereocenters. The first-order chi connectivity index (χ1) is 40.5. The third-order valence-corrected chi connectivity index (χ3v) is 16.9. The third-order valence-electron chi connectivity index (χ3n) is 16.9. The van der Waals surface area contributed by atoms with Gasteiger partial charge < -0.3 is 14.2 Å².